The van der Waals surface area contributed by atoms with E-state index < -0.39 is 6.10 Å². The average Bonchev–Trinajstić information content (AvgIpc) is 3.38. The molecule has 0 aromatic carbocycles. The summed E-state index contributed by atoms with van der Waals surface area (Å²) in [5.41, 5.74) is 0. The number of unbranched alkanes of at least 4 members (excludes halogenated alkanes) is 24. The molecule has 0 N–H and O–H groups in total. The number of rotatable bonds is 53. The molecule has 0 amide bonds. The van der Waals surface area contributed by atoms with Crippen molar-refractivity contribution in [2.75, 3.05) is 13.2 Å². The molecule has 0 aliphatic heterocycles. The van der Waals surface area contributed by atoms with Crippen LogP contribution < -0.4 is 0 Å². The summed E-state index contributed by atoms with van der Waals surface area (Å²) >= 11 is 0. The second kappa shape index (κ2) is 59.6. The highest BCUT2D eigenvalue weighted by molar-refractivity contribution is 5.71. The lowest BCUT2D eigenvalue weighted by molar-refractivity contribution is -0.166. The molecule has 0 rings (SSSR count). The Kier molecular flexibility index (Phi) is 56.4. The molecule has 0 spiro atoms. The molecule has 0 fully saturated rings. The van der Waals surface area contributed by atoms with Crippen molar-refractivity contribution in [3.8, 4) is 0 Å². The monoisotopic (exact) mass is 999 g/mol. The molecule has 0 bridgehead atoms. The van der Waals surface area contributed by atoms with Gasteiger partial charge in [-0.2, -0.15) is 0 Å². The summed E-state index contributed by atoms with van der Waals surface area (Å²) in [5.74, 6) is -1.00. The van der Waals surface area contributed by atoms with Gasteiger partial charge in [-0.25, -0.2) is 0 Å². The van der Waals surface area contributed by atoms with Gasteiger partial charge < -0.3 is 14.2 Å². The number of carbonyl (C=O) groups is 3. The first kappa shape index (κ1) is 68.1. The molecule has 0 heterocycles. The predicted molar refractivity (Wildman–Crippen MR) is 311 cm³/mol. The van der Waals surface area contributed by atoms with Crippen LogP contribution in [0.25, 0.3) is 0 Å². The number of ether oxygens (including phenoxy) is 3. The predicted octanol–water partition coefficient (Wildman–Crippen LogP) is 20.3. The van der Waals surface area contributed by atoms with Crippen molar-refractivity contribution in [2.24, 2.45) is 0 Å². The average molecular weight is 1000 g/mol. The van der Waals surface area contributed by atoms with Crippen LogP contribution in [-0.2, 0) is 28.6 Å². The molecule has 0 aromatic rings. The van der Waals surface area contributed by atoms with Crippen molar-refractivity contribution >= 4 is 17.9 Å². The maximum atomic E-state index is 12.9. The highest BCUT2D eigenvalue weighted by Crippen LogP contribution is 2.14. The number of esters is 3. The largest absolute Gasteiger partial charge is 0.462 e. The standard InChI is InChI=1S/C66H110O6/c1-4-7-10-13-16-19-22-25-28-31-33-36-38-41-44-47-50-53-56-59-65(68)71-62-63(61-70-64(67)58-55-52-49-46-43-40-37-34-30-27-24-21-18-15-12-9-6-3)72-66(69)60-57-54-51-48-45-42-39-35-32-29-26-23-20-17-14-11-8-5-2/h7,10,16,19-20,23,25,27-30,32-33,36,41,44,50,53,63H,4-6,8-9,11-15,17-18,21-22,24,26,31,34-35,37-40,42-43,45-49,51-52,54-62H2,1-3H3/b10-7-,19-16-,23-20-,28-25-,30-27-,32-29-,36-33-,44-41-,53-50-. The van der Waals surface area contributed by atoms with E-state index in [1.807, 2.05) is 6.08 Å². The minimum Gasteiger partial charge on any atom is -0.462 e. The van der Waals surface area contributed by atoms with Gasteiger partial charge in [-0.1, -0.05) is 246 Å². The lowest BCUT2D eigenvalue weighted by Crippen LogP contribution is -2.30. The Morgan fingerprint density at radius 3 is 0.958 bits per heavy atom. The third kappa shape index (κ3) is 57.0. The van der Waals surface area contributed by atoms with Crippen molar-refractivity contribution in [1.82, 2.24) is 0 Å². The van der Waals surface area contributed by atoms with Crippen molar-refractivity contribution in [3.05, 3.63) is 109 Å². The van der Waals surface area contributed by atoms with Gasteiger partial charge >= 0.3 is 17.9 Å². The number of hydrogen-bond donors (Lipinski definition) is 0. The highest BCUT2D eigenvalue weighted by atomic mass is 16.6. The van der Waals surface area contributed by atoms with E-state index in [1.165, 1.54) is 135 Å². The van der Waals surface area contributed by atoms with E-state index in [-0.39, 0.29) is 37.5 Å². The maximum absolute atomic E-state index is 12.9. The van der Waals surface area contributed by atoms with Crippen LogP contribution >= 0.6 is 0 Å². The molecule has 410 valence electrons. The van der Waals surface area contributed by atoms with Gasteiger partial charge in [0, 0.05) is 19.3 Å². The quantitative estimate of drug-likeness (QED) is 0.0261. The first-order valence-corrected chi connectivity index (χ1v) is 29.9. The van der Waals surface area contributed by atoms with E-state index >= 15 is 0 Å². The number of hydrogen-bond acceptors (Lipinski definition) is 6. The lowest BCUT2D eigenvalue weighted by Gasteiger charge is -2.18. The first-order chi connectivity index (χ1) is 35.5. The van der Waals surface area contributed by atoms with Gasteiger partial charge in [0.25, 0.3) is 0 Å². The smallest absolute Gasteiger partial charge is 0.306 e. The van der Waals surface area contributed by atoms with Crippen molar-refractivity contribution < 1.29 is 28.6 Å². The van der Waals surface area contributed by atoms with E-state index in [9.17, 15) is 14.4 Å². The Morgan fingerprint density at radius 2 is 0.569 bits per heavy atom. The molecule has 0 aliphatic carbocycles. The first-order valence-electron chi connectivity index (χ1n) is 29.9. The summed E-state index contributed by atoms with van der Waals surface area (Å²) in [6.07, 6.45) is 80.9. The van der Waals surface area contributed by atoms with Crippen LogP contribution in [0.2, 0.25) is 0 Å². The fourth-order valence-electron chi connectivity index (χ4n) is 8.02. The zero-order valence-corrected chi connectivity index (χ0v) is 46.9. The number of allylic oxidation sites excluding steroid dienone is 18. The van der Waals surface area contributed by atoms with Crippen LogP contribution in [0.15, 0.2) is 109 Å². The van der Waals surface area contributed by atoms with Gasteiger partial charge in [-0.05, 0) is 116 Å². The summed E-state index contributed by atoms with van der Waals surface area (Å²) in [7, 11) is 0. The fraction of sp³-hybridized carbons (Fsp3) is 0.682. The van der Waals surface area contributed by atoms with Crippen LogP contribution in [0.5, 0.6) is 0 Å². The minimum atomic E-state index is -0.817. The Hall–Kier alpha value is -3.93. The summed E-state index contributed by atoms with van der Waals surface area (Å²) in [5, 5.41) is 0. The second-order valence-electron chi connectivity index (χ2n) is 19.5. The van der Waals surface area contributed by atoms with Gasteiger partial charge in [-0.15, -0.1) is 0 Å². The van der Waals surface area contributed by atoms with Gasteiger partial charge in [-0.3, -0.25) is 14.4 Å². The SMILES string of the molecule is CC/C=C\C/C=C\C/C=C\C/C=C\C/C=C\C/C=C\CCC(=O)OCC(COC(=O)CCCCCCCCC/C=C\CCCCCCCC)OC(=O)CCCCCCCCC/C=C\C/C=C\CCCCCC. The molecule has 1 atom stereocenters. The van der Waals surface area contributed by atoms with Gasteiger partial charge in [0.15, 0.2) is 6.10 Å². The van der Waals surface area contributed by atoms with E-state index in [0.29, 0.717) is 19.3 Å². The zero-order chi connectivity index (χ0) is 52.2. The highest BCUT2D eigenvalue weighted by Gasteiger charge is 2.19. The molecule has 1 unspecified atom stereocenters. The Morgan fingerprint density at radius 1 is 0.292 bits per heavy atom. The van der Waals surface area contributed by atoms with Crippen LogP contribution in [-0.4, -0.2) is 37.2 Å². The lowest BCUT2D eigenvalue weighted by atomic mass is 10.1. The Balaban J connectivity index is 4.52. The third-order valence-electron chi connectivity index (χ3n) is 12.5. The van der Waals surface area contributed by atoms with Crippen molar-refractivity contribution in [1.29, 1.82) is 0 Å². The summed E-state index contributed by atoms with van der Waals surface area (Å²) < 4.78 is 16.8. The van der Waals surface area contributed by atoms with Crippen LogP contribution in [0.3, 0.4) is 0 Å². The fourth-order valence-corrected chi connectivity index (χ4v) is 8.02. The Bertz CT molecular complexity index is 1470. The van der Waals surface area contributed by atoms with Crippen molar-refractivity contribution in [3.63, 3.8) is 0 Å². The molecule has 0 saturated heterocycles. The molecule has 0 aliphatic rings. The second-order valence-corrected chi connectivity index (χ2v) is 19.5. The van der Waals surface area contributed by atoms with E-state index in [0.717, 1.165) is 89.9 Å². The molecule has 72 heavy (non-hydrogen) atoms. The van der Waals surface area contributed by atoms with Crippen molar-refractivity contribution in [2.45, 2.75) is 277 Å². The van der Waals surface area contributed by atoms with Crippen LogP contribution in [0, 0.1) is 0 Å². The molecule has 0 radical (unpaired) electrons. The van der Waals surface area contributed by atoms with Gasteiger partial charge in [0.2, 0.25) is 0 Å². The molecule has 6 heteroatoms. The summed E-state index contributed by atoms with van der Waals surface area (Å²) in [4.78, 5) is 38.2. The normalized spacial score (nSPS) is 12.9. The van der Waals surface area contributed by atoms with E-state index in [2.05, 4.69) is 124 Å². The van der Waals surface area contributed by atoms with E-state index in [1.54, 1.807) is 0 Å². The topological polar surface area (TPSA) is 78.9 Å². The molecular formula is C66H110O6. The minimum absolute atomic E-state index is 0.108. The number of carbonyl (C=O) groups excluding carboxylic acids is 3. The maximum Gasteiger partial charge on any atom is 0.306 e. The van der Waals surface area contributed by atoms with Crippen LogP contribution in [0.1, 0.15) is 271 Å². The third-order valence-corrected chi connectivity index (χ3v) is 12.5. The van der Waals surface area contributed by atoms with Gasteiger partial charge in [0.1, 0.15) is 13.2 Å². The zero-order valence-electron chi connectivity index (χ0n) is 46.9. The molecular weight excluding hydrogens is 889 g/mol. The summed E-state index contributed by atoms with van der Waals surface area (Å²) in [6.45, 7) is 6.44. The molecule has 6 nitrogen and oxygen atoms in total. The van der Waals surface area contributed by atoms with E-state index in [4.69, 9.17) is 14.2 Å². The Labute approximate surface area is 444 Å². The van der Waals surface area contributed by atoms with Crippen LogP contribution in [0.4, 0.5) is 0 Å². The van der Waals surface area contributed by atoms with Gasteiger partial charge in [0.05, 0.1) is 0 Å². The molecule has 0 aromatic heterocycles. The molecule has 0 saturated carbocycles. The summed E-state index contributed by atoms with van der Waals surface area (Å²) in [6, 6.07) is 0.